The van der Waals surface area contributed by atoms with Crippen LogP contribution in [-0.4, -0.2) is 28.8 Å². The van der Waals surface area contributed by atoms with E-state index in [2.05, 4.69) is 69.6 Å². The second-order valence-corrected chi connectivity index (χ2v) is 11.1. The van der Waals surface area contributed by atoms with E-state index in [1.54, 1.807) is 6.20 Å². The number of esters is 1. The average Bonchev–Trinajstić information content (AvgIpc) is 3.35. The fourth-order valence-corrected chi connectivity index (χ4v) is 4.82. The number of benzene rings is 2. The molecule has 0 fully saturated rings. The summed E-state index contributed by atoms with van der Waals surface area (Å²) in [7, 11) is 0. The maximum atomic E-state index is 13.3. The zero-order valence-electron chi connectivity index (χ0n) is 21.1. The molecule has 1 aliphatic heterocycles. The van der Waals surface area contributed by atoms with Gasteiger partial charge in [-0.2, -0.15) is 0 Å². The first-order chi connectivity index (χ1) is 16.4. The number of nitrogens with one attached hydrogen (secondary N) is 1. The van der Waals surface area contributed by atoms with E-state index in [1.807, 2.05) is 30.3 Å². The van der Waals surface area contributed by atoms with Crippen LogP contribution in [0.3, 0.4) is 0 Å². The number of aromatic nitrogens is 1. The van der Waals surface area contributed by atoms with E-state index in [0.717, 1.165) is 5.52 Å². The second-order valence-electron chi connectivity index (χ2n) is 11.1. The van der Waals surface area contributed by atoms with Gasteiger partial charge in [0.2, 0.25) is 0 Å². The minimum atomic E-state index is -0.792. The molecule has 0 aliphatic carbocycles. The van der Waals surface area contributed by atoms with Crippen molar-refractivity contribution in [1.29, 1.82) is 0 Å². The van der Waals surface area contributed by atoms with Crippen molar-refractivity contribution >= 4 is 28.6 Å². The first kappa shape index (κ1) is 24.5. The van der Waals surface area contributed by atoms with E-state index >= 15 is 0 Å². The Kier molecular flexibility index (Phi) is 6.18. The molecule has 0 radical (unpaired) electrons. The molecule has 3 aromatic rings. The number of carbonyl (C=O) groups excluding carboxylic acids is 3. The zero-order chi connectivity index (χ0) is 25.5. The maximum Gasteiger partial charge on any atom is 0.333 e. The van der Waals surface area contributed by atoms with Crippen LogP contribution in [-0.2, 0) is 19.7 Å². The Morgan fingerprint density at radius 3 is 2.26 bits per heavy atom. The Bertz CT molecular complexity index is 1350. The smallest absolute Gasteiger partial charge is 0.333 e. The number of cyclic esters (lactones) is 1. The van der Waals surface area contributed by atoms with Gasteiger partial charge in [0.1, 0.15) is 6.61 Å². The SMILES string of the molecule is CC(C)(C)c1ccccc1C(n1cc(C(=O)C(=O)NC2=CC(=O)OC2)c2ccccc21)C(C)(C)C. The van der Waals surface area contributed by atoms with Crippen molar-refractivity contribution in [2.75, 3.05) is 6.61 Å². The lowest BCUT2D eigenvalue weighted by atomic mass is 9.75. The Morgan fingerprint density at radius 2 is 1.63 bits per heavy atom. The quantitative estimate of drug-likeness (QED) is 0.310. The number of hydrogen-bond donors (Lipinski definition) is 1. The summed E-state index contributed by atoms with van der Waals surface area (Å²) in [5, 5.41) is 3.23. The molecule has 0 spiro atoms. The lowest BCUT2D eigenvalue weighted by Crippen LogP contribution is -2.31. The number of ketones is 1. The van der Waals surface area contributed by atoms with Gasteiger partial charge in [-0.3, -0.25) is 9.59 Å². The van der Waals surface area contributed by atoms with Crippen molar-refractivity contribution in [3.63, 3.8) is 0 Å². The molecule has 4 rings (SSSR count). The van der Waals surface area contributed by atoms with Gasteiger partial charge < -0.3 is 14.6 Å². The Labute approximate surface area is 206 Å². The van der Waals surface area contributed by atoms with Gasteiger partial charge in [-0.05, 0) is 28.0 Å². The van der Waals surface area contributed by atoms with Crippen LogP contribution in [0.2, 0.25) is 0 Å². The summed E-state index contributed by atoms with van der Waals surface area (Å²) in [6, 6.07) is 16.0. The number of amides is 1. The van der Waals surface area contributed by atoms with E-state index in [4.69, 9.17) is 4.74 Å². The third kappa shape index (κ3) is 4.78. The molecule has 6 heteroatoms. The minimum Gasteiger partial charge on any atom is -0.456 e. The van der Waals surface area contributed by atoms with Crippen molar-refractivity contribution in [3.05, 3.63) is 83.2 Å². The Hall–Kier alpha value is -3.67. The molecule has 182 valence electrons. The number of para-hydroxylation sites is 1. The van der Waals surface area contributed by atoms with Crippen LogP contribution in [0.1, 0.15) is 69.1 Å². The summed E-state index contributed by atoms with van der Waals surface area (Å²) in [5.41, 5.74) is 3.64. The minimum absolute atomic E-state index is 0.0463. The predicted molar refractivity (Wildman–Crippen MR) is 136 cm³/mol. The van der Waals surface area contributed by atoms with Crippen molar-refractivity contribution in [3.8, 4) is 0 Å². The number of fused-ring (bicyclic) bond motifs is 1. The summed E-state index contributed by atoms with van der Waals surface area (Å²) in [5.74, 6) is -1.98. The van der Waals surface area contributed by atoms with Gasteiger partial charge in [0.25, 0.3) is 11.7 Å². The summed E-state index contributed by atoms with van der Waals surface area (Å²) < 4.78 is 6.95. The highest BCUT2D eigenvalue weighted by Crippen LogP contribution is 2.43. The monoisotopic (exact) mass is 472 g/mol. The molecular weight excluding hydrogens is 440 g/mol. The predicted octanol–water partition coefficient (Wildman–Crippen LogP) is 5.31. The van der Waals surface area contributed by atoms with Crippen molar-refractivity contribution in [1.82, 2.24) is 9.88 Å². The van der Waals surface area contributed by atoms with Gasteiger partial charge >= 0.3 is 5.97 Å². The first-order valence-electron chi connectivity index (χ1n) is 11.8. The van der Waals surface area contributed by atoms with E-state index in [9.17, 15) is 14.4 Å². The van der Waals surface area contributed by atoms with Crippen molar-refractivity contribution in [2.24, 2.45) is 5.41 Å². The van der Waals surface area contributed by atoms with Crippen LogP contribution < -0.4 is 5.32 Å². The fourth-order valence-electron chi connectivity index (χ4n) is 4.82. The van der Waals surface area contributed by atoms with E-state index < -0.39 is 17.7 Å². The van der Waals surface area contributed by atoms with Gasteiger partial charge in [0.05, 0.1) is 17.3 Å². The standard InChI is InChI=1S/C29H32N2O4/c1-28(2,3)22-13-9-7-12-20(22)26(29(4,5)6)31-16-21(19-11-8-10-14-23(19)31)25(33)27(34)30-18-15-24(32)35-17-18/h7-16,26H,17H2,1-6H3,(H,30,34). The number of hydrogen-bond acceptors (Lipinski definition) is 4. The van der Waals surface area contributed by atoms with Crippen LogP contribution >= 0.6 is 0 Å². The van der Waals surface area contributed by atoms with Gasteiger partial charge in [-0.25, -0.2) is 4.79 Å². The summed E-state index contributed by atoms with van der Waals surface area (Å²) in [6.07, 6.45) is 2.99. The number of rotatable bonds is 5. The van der Waals surface area contributed by atoms with Crippen molar-refractivity contribution in [2.45, 2.75) is 53.0 Å². The van der Waals surface area contributed by atoms with Crippen LogP contribution in [0.15, 0.2) is 66.5 Å². The molecule has 2 heterocycles. The summed E-state index contributed by atoms with van der Waals surface area (Å²) in [4.78, 5) is 37.4. The third-order valence-electron chi connectivity index (χ3n) is 6.29. The van der Waals surface area contributed by atoms with E-state index in [0.29, 0.717) is 10.9 Å². The molecule has 1 aromatic heterocycles. The van der Waals surface area contributed by atoms with Gasteiger partial charge in [-0.1, -0.05) is 84.0 Å². The maximum absolute atomic E-state index is 13.3. The molecular formula is C29H32N2O4. The largest absolute Gasteiger partial charge is 0.456 e. The molecule has 2 aromatic carbocycles. The van der Waals surface area contributed by atoms with Crippen LogP contribution in [0.25, 0.3) is 10.9 Å². The number of nitrogens with zero attached hydrogens (tertiary/aromatic N) is 1. The highest BCUT2D eigenvalue weighted by Gasteiger charge is 2.34. The van der Waals surface area contributed by atoms with Crippen LogP contribution in [0, 0.1) is 5.41 Å². The first-order valence-corrected chi connectivity index (χ1v) is 11.8. The number of ether oxygens (including phenoxy) is 1. The lowest BCUT2D eigenvalue weighted by Gasteiger charge is -2.37. The number of carbonyl (C=O) groups is 3. The van der Waals surface area contributed by atoms with Gasteiger partial charge in [-0.15, -0.1) is 0 Å². The molecule has 1 amide bonds. The number of Topliss-reactive ketones (excluding diaryl/α,β-unsaturated/α-hetero) is 1. The summed E-state index contributed by atoms with van der Waals surface area (Å²) in [6.45, 7) is 13.1. The fraction of sp³-hybridized carbons (Fsp3) is 0.345. The summed E-state index contributed by atoms with van der Waals surface area (Å²) >= 11 is 0. The topological polar surface area (TPSA) is 77.4 Å². The van der Waals surface area contributed by atoms with E-state index in [-0.39, 0.29) is 29.2 Å². The van der Waals surface area contributed by atoms with Gasteiger partial charge in [0, 0.05) is 23.2 Å². The Morgan fingerprint density at radius 1 is 0.971 bits per heavy atom. The van der Waals surface area contributed by atoms with Crippen LogP contribution in [0.4, 0.5) is 0 Å². The normalized spacial score (nSPS) is 15.0. The lowest BCUT2D eigenvalue weighted by molar-refractivity contribution is -0.135. The molecule has 0 saturated heterocycles. The highest BCUT2D eigenvalue weighted by molar-refractivity contribution is 6.45. The highest BCUT2D eigenvalue weighted by atomic mass is 16.5. The van der Waals surface area contributed by atoms with Gasteiger partial charge in [0.15, 0.2) is 0 Å². The zero-order valence-corrected chi connectivity index (χ0v) is 21.1. The average molecular weight is 473 g/mol. The molecule has 0 bridgehead atoms. The Balaban J connectivity index is 1.85. The van der Waals surface area contributed by atoms with E-state index in [1.165, 1.54) is 17.2 Å². The molecule has 1 N–H and O–H groups in total. The van der Waals surface area contributed by atoms with Crippen molar-refractivity contribution < 1.29 is 19.1 Å². The molecule has 1 atom stereocenters. The second kappa shape index (κ2) is 8.84. The molecule has 6 nitrogen and oxygen atoms in total. The molecule has 1 unspecified atom stereocenters. The molecule has 1 aliphatic rings. The van der Waals surface area contributed by atoms with Crippen LogP contribution in [0.5, 0.6) is 0 Å². The third-order valence-corrected chi connectivity index (χ3v) is 6.29. The molecule has 35 heavy (non-hydrogen) atoms. The molecule has 0 saturated carbocycles.